The number of nitriles is 1. The topological polar surface area (TPSA) is 142 Å². The number of nitrogen functional groups attached to an aromatic ring is 1. The Morgan fingerprint density at radius 3 is 2.77 bits per heavy atom. The van der Waals surface area contributed by atoms with Crippen molar-refractivity contribution in [2.75, 3.05) is 50.0 Å². The van der Waals surface area contributed by atoms with Crippen molar-refractivity contribution < 1.29 is 22.7 Å². The molecule has 0 aliphatic carbocycles. The summed E-state index contributed by atoms with van der Waals surface area (Å²) in [5.41, 5.74) is 5.39. The summed E-state index contributed by atoms with van der Waals surface area (Å²) >= 11 is 13.8. The van der Waals surface area contributed by atoms with Crippen molar-refractivity contribution >= 4 is 72.4 Å². The normalized spacial score (nSPS) is 25.2. The van der Waals surface area contributed by atoms with Gasteiger partial charge in [-0.1, -0.05) is 31.0 Å². The maximum Gasteiger partial charge on any atom is 0.346 e. The van der Waals surface area contributed by atoms with E-state index in [0.29, 0.717) is 50.2 Å². The van der Waals surface area contributed by atoms with E-state index in [2.05, 4.69) is 24.9 Å². The molecule has 2 N–H and O–H groups in total. The van der Waals surface area contributed by atoms with Crippen LogP contribution < -0.4 is 15.4 Å². The monoisotopic (exact) mass is 824 g/mol. The maximum atomic E-state index is 17.4. The van der Waals surface area contributed by atoms with E-state index in [0.717, 1.165) is 54.7 Å². The average molecular weight is 826 g/mol. The SMILES string of the molecule is CC[C@H]1N(C(=O)n2cnc(Cl)n2)C[C@]12CCCCN(c1nc(OC[C@@]34CCCN3C[C@H](F)C4)nc3c(F)c(-c4ccc(F)c5sc(N)c(C#N)c45)c(Cl)cc13)C2. The van der Waals surface area contributed by atoms with Crippen LogP contribution in [0.4, 0.5) is 28.8 Å². The summed E-state index contributed by atoms with van der Waals surface area (Å²) in [4.78, 5) is 33.0. The van der Waals surface area contributed by atoms with E-state index in [9.17, 15) is 14.4 Å². The first-order valence-corrected chi connectivity index (χ1v) is 20.3. The Morgan fingerprint density at radius 2 is 2.00 bits per heavy atom. The third-order valence-electron chi connectivity index (χ3n) is 12.3. The fourth-order valence-corrected chi connectivity index (χ4v) is 11.2. The van der Waals surface area contributed by atoms with Gasteiger partial charge in [0.2, 0.25) is 5.28 Å². The lowest BCUT2D eigenvalue weighted by Gasteiger charge is -2.58. The number of hydrogen-bond acceptors (Lipinski definition) is 11. The lowest BCUT2D eigenvalue weighted by Crippen LogP contribution is -2.69. The molecule has 292 valence electrons. The number of aromatic nitrogens is 5. The fourth-order valence-electron chi connectivity index (χ4n) is 9.86. The molecular weight excluding hydrogens is 788 g/mol. The molecule has 5 aromatic rings. The lowest BCUT2D eigenvalue weighted by molar-refractivity contribution is -0.0427. The van der Waals surface area contributed by atoms with E-state index in [4.69, 9.17) is 38.7 Å². The van der Waals surface area contributed by atoms with Crippen molar-refractivity contribution in [2.45, 2.75) is 69.6 Å². The number of carbonyl (C=O) groups is 1. The number of rotatable bonds is 6. The quantitative estimate of drug-likeness (QED) is 0.180. The standard InChI is InChI=1S/C38H37Cl2F3N10O2S/c1-2-26-37(17-52(26)36(54)53-19-46-34(40)49-53)8-3-4-10-50(16-37)33-22-12-24(39)28(21-6-7-25(42)31-27(21)23(14-44)32(45)56-31)29(43)30(22)47-35(48-33)55-18-38-9-5-11-51(38)15-20(41)13-38/h6-7,12,19-20,26H,2-5,8-11,13,15-18,45H2,1H3/t20-,26-,37-,38+/m1/s1. The summed E-state index contributed by atoms with van der Waals surface area (Å²) < 4.78 is 54.8. The van der Waals surface area contributed by atoms with Gasteiger partial charge < -0.3 is 20.3 Å². The molecule has 1 spiro atoms. The molecule has 12 nitrogen and oxygen atoms in total. The Bertz CT molecular complexity index is 2460. The van der Waals surface area contributed by atoms with Gasteiger partial charge in [-0.2, -0.15) is 19.9 Å². The van der Waals surface area contributed by atoms with Crippen molar-refractivity contribution in [3.05, 3.63) is 52.0 Å². The van der Waals surface area contributed by atoms with Crippen LogP contribution in [0.1, 0.15) is 57.4 Å². The molecule has 0 radical (unpaired) electrons. The molecule has 2 aromatic carbocycles. The van der Waals surface area contributed by atoms with Gasteiger partial charge in [-0.15, -0.1) is 16.4 Å². The third kappa shape index (κ3) is 5.83. The number of amides is 1. The number of anilines is 2. The highest BCUT2D eigenvalue weighted by Gasteiger charge is 2.55. The van der Waals surface area contributed by atoms with Gasteiger partial charge in [-0.3, -0.25) is 4.90 Å². The van der Waals surface area contributed by atoms with Crippen LogP contribution in [0.3, 0.4) is 0 Å². The summed E-state index contributed by atoms with van der Waals surface area (Å²) in [6.07, 6.45) is 5.57. The van der Waals surface area contributed by atoms with Crippen molar-refractivity contribution in [3.8, 4) is 23.2 Å². The highest BCUT2D eigenvalue weighted by molar-refractivity contribution is 7.23. The number of hydrogen-bond donors (Lipinski definition) is 1. The smallest absolute Gasteiger partial charge is 0.346 e. The van der Waals surface area contributed by atoms with Crippen LogP contribution in [0.25, 0.3) is 32.1 Å². The number of thiophene rings is 1. The first kappa shape index (κ1) is 37.2. The van der Waals surface area contributed by atoms with Gasteiger partial charge in [0.05, 0.1) is 20.8 Å². The van der Waals surface area contributed by atoms with Crippen LogP contribution in [0.2, 0.25) is 10.3 Å². The Kier molecular flexibility index (Phi) is 9.22. The van der Waals surface area contributed by atoms with Crippen molar-refractivity contribution in [1.82, 2.24) is 34.5 Å². The predicted molar refractivity (Wildman–Crippen MR) is 208 cm³/mol. The number of nitrogens with two attached hydrogens (primary N) is 1. The minimum Gasteiger partial charge on any atom is -0.461 e. The van der Waals surface area contributed by atoms with Crippen molar-refractivity contribution in [2.24, 2.45) is 5.41 Å². The minimum absolute atomic E-state index is 0.0124. The molecule has 4 aliphatic rings. The number of ether oxygens (including phenoxy) is 1. The molecule has 0 unspecified atom stereocenters. The Balaban J connectivity index is 1.16. The van der Waals surface area contributed by atoms with Gasteiger partial charge in [0.1, 0.15) is 47.3 Å². The van der Waals surface area contributed by atoms with Crippen LogP contribution in [-0.2, 0) is 0 Å². The minimum atomic E-state index is -0.971. The second-order valence-electron chi connectivity index (χ2n) is 15.4. The molecular formula is C38H37Cl2F3N10O2S. The number of likely N-dealkylation sites (tertiary alicyclic amines) is 1. The van der Waals surface area contributed by atoms with Crippen LogP contribution >= 0.6 is 34.5 Å². The van der Waals surface area contributed by atoms with Gasteiger partial charge in [-0.05, 0) is 67.9 Å². The van der Waals surface area contributed by atoms with E-state index < -0.39 is 23.3 Å². The molecule has 56 heavy (non-hydrogen) atoms. The molecule has 3 aromatic heterocycles. The molecule has 9 rings (SSSR count). The Morgan fingerprint density at radius 1 is 1.16 bits per heavy atom. The van der Waals surface area contributed by atoms with Crippen molar-refractivity contribution in [3.63, 3.8) is 0 Å². The van der Waals surface area contributed by atoms with Gasteiger partial charge in [0.15, 0.2) is 5.82 Å². The van der Waals surface area contributed by atoms with E-state index in [1.54, 1.807) is 11.0 Å². The number of alkyl halides is 1. The molecule has 0 bridgehead atoms. The largest absolute Gasteiger partial charge is 0.461 e. The lowest BCUT2D eigenvalue weighted by atomic mass is 9.67. The molecule has 7 heterocycles. The molecule has 4 fully saturated rings. The van der Waals surface area contributed by atoms with Crippen LogP contribution in [0, 0.1) is 28.4 Å². The summed E-state index contributed by atoms with van der Waals surface area (Å²) in [5, 5.41) is 14.6. The Labute approximate surface area is 333 Å². The number of halogens is 5. The summed E-state index contributed by atoms with van der Waals surface area (Å²) in [6, 6.07) is 5.73. The molecule has 4 aliphatic heterocycles. The Hall–Kier alpha value is -4.43. The van der Waals surface area contributed by atoms with E-state index in [1.165, 1.54) is 18.5 Å². The number of carbonyl (C=O) groups excluding carboxylic acids is 1. The average Bonchev–Trinajstić information content (AvgIpc) is 3.89. The number of fused-ring (bicyclic) bond motifs is 3. The van der Waals surface area contributed by atoms with E-state index in [-0.39, 0.29) is 77.7 Å². The first-order chi connectivity index (χ1) is 27.0. The zero-order valence-electron chi connectivity index (χ0n) is 30.4. The molecule has 4 saturated heterocycles. The van der Waals surface area contributed by atoms with Crippen LogP contribution in [-0.4, -0.2) is 97.6 Å². The summed E-state index contributed by atoms with van der Waals surface area (Å²) in [5.74, 6) is -0.974. The van der Waals surface area contributed by atoms with Gasteiger partial charge in [0.25, 0.3) is 0 Å². The van der Waals surface area contributed by atoms with Crippen LogP contribution in [0.5, 0.6) is 6.01 Å². The highest BCUT2D eigenvalue weighted by Crippen LogP contribution is 2.49. The molecule has 18 heteroatoms. The molecule has 4 atom stereocenters. The van der Waals surface area contributed by atoms with Gasteiger partial charge in [0, 0.05) is 60.4 Å². The zero-order valence-corrected chi connectivity index (χ0v) is 32.7. The first-order valence-electron chi connectivity index (χ1n) is 18.7. The van der Waals surface area contributed by atoms with E-state index in [1.807, 2.05) is 13.0 Å². The number of benzene rings is 2. The maximum absolute atomic E-state index is 17.4. The molecule has 0 saturated carbocycles. The van der Waals surface area contributed by atoms with Gasteiger partial charge in [-0.25, -0.2) is 22.9 Å². The zero-order chi connectivity index (χ0) is 39.1. The van der Waals surface area contributed by atoms with Crippen LogP contribution in [0.15, 0.2) is 24.5 Å². The second-order valence-corrected chi connectivity index (χ2v) is 17.2. The number of nitrogens with zero attached hydrogens (tertiary/aromatic N) is 9. The van der Waals surface area contributed by atoms with Crippen molar-refractivity contribution in [1.29, 1.82) is 5.26 Å². The van der Waals surface area contributed by atoms with Gasteiger partial charge >= 0.3 is 12.0 Å². The fraction of sp³-hybridized carbons (Fsp3) is 0.474. The highest BCUT2D eigenvalue weighted by atomic mass is 35.5. The summed E-state index contributed by atoms with van der Waals surface area (Å²) in [6.45, 7) is 4.82. The third-order valence-corrected chi connectivity index (χ3v) is 13.8. The molecule has 1 amide bonds. The predicted octanol–water partition coefficient (Wildman–Crippen LogP) is 7.84. The second kappa shape index (κ2) is 13.9. The van der Waals surface area contributed by atoms with E-state index >= 15 is 8.78 Å². The summed E-state index contributed by atoms with van der Waals surface area (Å²) in [7, 11) is 0.